The van der Waals surface area contributed by atoms with Crippen LogP contribution in [0.2, 0.25) is 0 Å². The Hall–Kier alpha value is -1.26. The van der Waals surface area contributed by atoms with Gasteiger partial charge in [0.15, 0.2) is 11.5 Å². The summed E-state index contributed by atoms with van der Waals surface area (Å²) in [6.07, 6.45) is 2.74. The normalized spacial score (nSPS) is 12.2. The van der Waals surface area contributed by atoms with Gasteiger partial charge in [0, 0.05) is 6.04 Å². The summed E-state index contributed by atoms with van der Waals surface area (Å²) in [5, 5.41) is 0. The first-order valence-electron chi connectivity index (χ1n) is 5.87. The van der Waals surface area contributed by atoms with Gasteiger partial charge >= 0.3 is 0 Å². The molecular formula is C13H22N2O2. The molecule has 4 nitrogen and oxygen atoms in total. The maximum Gasteiger partial charge on any atom is 0.160 e. The van der Waals surface area contributed by atoms with E-state index in [0.29, 0.717) is 6.54 Å². The fourth-order valence-corrected chi connectivity index (χ4v) is 1.75. The molecule has 0 bridgehead atoms. The van der Waals surface area contributed by atoms with Gasteiger partial charge in [-0.05, 0) is 43.5 Å². The number of rotatable bonds is 7. The Balaban J connectivity index is 2.60. The molecule has 0 saturated heterocycles. The van der Waals surface area contributed by atoms with E-state index in [1.165, 1.54) is 5.56 Å². The fraction of sp³-hybridized carbons (Fsp3) is 0.538. The number of methoxy groups -OCH3 is 2. The van der Waals surface area contributed by atoms with Gasteiger partial charge in [0.2, 0.25) is 0 Å². The van der Waals surface area contributed by atoms with Crippen molar-refractivity contribution in [2.75, 3.05) is 20.8 Å². The summed E-state index contributed by atoms with van der Waals surface area (Å²) in [6, 6.07) is 6.13. The smallest absolute Gasteiger partial charge is 0.160 e. The Bertz CT molecular complexity index is 342. The van der Waals surface area contributed by atoms with Crippen molar-refractivity contribution >= 4 is 0 Å². The molecule has 0 radical (unpaired) electrons. The average molecular weight is 238 g/mol. The lowest BCUT2D eigenvalue weighted by molar-refractivity contribution is 0.354. The molecule has 96 valence electrons. The van der Waals surface area contributed by atoms with Crippen molar-refractivity contribution in [3.05, 3.63) is 23.8 Å². The van der Waals surface area contributed by atoms with Gasteiger partial charge < -0.3 is 20.9 Å². The third kappa shape index (κ3) is 4.24. The van der Waals surface area contributed by atoms with E-state index >= 15 is 0 Å². The summed E-state index contributed by atoms with van der Waals surface area (Å²) in [7, 11) is 3.27. The lowest BCUT2D eigenvalue weighted by Gasteiger charge is -2.12. The van der Waals surface area contributed by atoms with Crippen LogP contribution in [-0.2, 0) is 6.42 Å². The highest BCUT2D eigenvalue weighted by Crippen LogP contribution is 2.28. The molecule has 4 heteroatoms. The second kappa shape index (κ2) is 7.14. The third-order valence-electron chi connectivity index (χ3n) is 2.79. The van der Waals surface area contributed by atoms with Gasteiger partial charge in [-0.2, -0.15) is 0 Å². The van der Waals surface area contributed by atoms with Crippen LogP contribution in [0.25, 0.3) is 0 Å². The zero-order valence-corrected chi connectivity index (χ0v) is 10.6. The lowest BCUT2D eigenvalue weighted by atomic mass is 10.0. The summed E-state index contributed by atoms with van der Waals surface area (Å²) in [5.41, 5.74) is 12.6. The highest BCUT2D eigenvalue weighted by atomic mass is 16.5. The molecule has 17 heavy (non-hydrogen) atoms. The topological polar surface area (TPSA) is 70.5 Å². The third-order valence-corrected chi connectivity index (χ3v) is 2.79. The van der Waals surface area contributed by atoms with Crippen LogP contribution in [0.15, 0.2) is 18.2 Å². The van der Waals surface area contributed by atoms with Gasteiger partial charge in [-0.15, -0.1) is 0 Å². The second-order valence-corrected chi connectivity index (χ2v) is 4.07. The Labute approximate surface area is 103 Å². The van der Waals surface area contributed by atoms with Gasteiger partial charge in [-0.3, -0.25) is 0 Å². The molecule has 0 aliphatic carbocycles. The Morgan fingerprint density at radius 3 is 2.41 bits per heavy atom. The van der Waals surface area contributed by atoms with Crippen LogP contribution >= 0.6 is 0 Å². The molecule has 1 aromatic carbocycles. The largest absolute Gasteiger partial charge is 0.493 e. The van der Waals surface area contributed by atoms with Crippen molar-refractivity contribution in [1.82, 2.24) is 0 Å². The highest BCUT2D eigenvalue weighted by Gasteiger charge is 2.06. The summed E-state index contributed by atoms with van der Waals surface area (Å²) >= 11 is 0. The summed E-state index contributed by atoms with van der Waals surface area (Å²) in [6.45, 7) is 0.646. The standard InChI is InChI=1S/C13H22N2O2/c1-16-12-6-4-10(9-13(12)17-2)3-5-11(15)7-8-14/h4,6,9,11H,3,5,7-8,14-15H2,1-2H3. The minimum atomic E-state index is 0.174. The van der Waals surface area contributed by atoms with Crippen molar-refractivity contribution in [3.63, 3.8) is 0 Å². The number of benzene rings is 1. The fourth-order valence-electron chi connectivity index (χ4n) is 1.75. The predicted octanol–water partition coefficient (Wildman–Crippen LogP) is 1.31. The summed E-state index contributed by atoms with van der Waals surface area (Å²) in [5.74, 6) is 1.51. The van der Waals surface area contributed by atoms with Gasteiger partial charge in [0.1, 0.15) is 0 Å². The molecule has 1 rings (SSSR count). The zero-order valence-electron chi connectivity index (χ0n) is 10.6. The van der Waals surface area contributed by atoms with Crippen LogP contribution in [0.3, 0.4) is 0 Å². The maximum atomic E-state index is 5.92. The molecule has 0 aliphatic heterocycles. The first-order chi connectivity index (χ1) is 8.21. The molecule has 0 aromatic heterocycles. The van der Waals surface area contributed by atoms with Crippen molar-refractivity contribution < 1.29 is 9.47 Å². The first kappa shape index (κ1) is 13.8. The van der Waals surface area contributed by atoms with Gasteiger partial charge in [-0.1, -0.05) is 6.07 Å². The minimum absolute atomic E-state index is 0.174. The predicted molar refractivity (Wildman–Crippen MR) is 69.5 cm³/mol. The first-order valence-corrected chi connectivity index (χ1v) is 5.87. The molecule has 0 saturated carbocycles. The van der Waals surface area contributed by atoms with Crippen LogP contribution in [0.5, 0.6) is 11.5 Å². The SMILES string of the molecule is COc1ccc(CCC(N)CCN)cc1OC. The minimum Gasteiger partial charge on any atom is -0.493 e. The van der Waals surface area contributed by atoms with E-state index < -0.39 is 0 Å². The van der Waals surface area contributed by atoms with E-state index in [9.17, 15) is 0 Å². The number of nitrogens with two attached hydrogens (primary N) is 2. The second-order valence-electron chi connectivity index (χ2n) is 4.07. The van der Waals surface area contributed by atoms with E-state index in [-0.39, 0.29) is 6.04 Å². The molecule has 0 fully saturated rings. The van der Waals surface area contributed by atoms with Crippen molar-refractivity contribution in [2.24, 2.45) is 11.5 Å². The lowest BCUT2D eigenvalue weighted by Crippen LogP contribution is -2.24. The van der Waals surface area contributed by atoms with E-state index in [1.807, 2.05) is 18.2 Å². The van der Waals surface area contributed by atoms with E-state index in [2.05, 4.69) is 0 Å². The maximum absolute atomic E-state index is 5.92. The van der Waals surface area contributed by atoms with Gasteiger partial charge in [0.05, 0.1) is 14.2 Å². The highest BCUT2D eigenvalue weighted by molar-refractivity contribution is 5.42. The van der Waals surface area contributed by atoms with Crippen LogP contribution in [0.4, 0.5) is 0 Å². The molecule has 1 aromatic rings. The Kier molecular flexibility index (Phi) is 5.80. The van der Waals surface area contributed by atoms with Crippen molar-refractivity contribution in [1.29, 1.82) is 0 Å². The van der Waals surface area contributed by atoms with E-state index in [0.717, 1.165) is 30.8 Å². The van der Waals surface area contributed by atoms with Gasteiger partial charge in [-0.25, -0.2) is 0 Å². The van der Waals surface area contributed by atoms with Crippen LogP contribution in [0.1, 0.15) is 18.4 Å². The van der Waals surface area contributed by atoms with E-state index in [1.54, 1.807) is 14.2 Å². The molecule has 0 aliphatic rings. The monoisotopic (exact) mass is 238 g/mol. The number of hydrogen-bond donors (Lipinski definition) is 2. The molecular weight excluding hydrogens is 216 g/mol. The Morgan fingerprint density at radius 2 is 1.82 bits per heavy atom. The Morgan fingerprint density at radius 1 is 1.12 bits per heavy atom. The number of hydrogen-bond acceptors (Lipinski definition) is 4. The molecule has 1 atom stereocenters. The van der Waals surface area contributed by atoms with Crippen LogP contribution < -0.4 is 20.9 Å². The summed E-state index contributed by atoms with van der Waals surface area (Å²) < 4.78 is 10.4. The van der Waals surface area contributed by atoms with Crippen LogP contribution in [-0.4, -0.2) is 26.8 Å². The molecule has 4 N–H and O–H groups in total. The van der Waals surface area contributed by atoms with Crippen molar-refractivity contribution in [3.8, 4) is 11.5 Å². The molecule has 0 spiro atoms. The molecule has 1 unspecified atom stereocenters. The number of ether oxygens (including phenoxy) is 2. The number of aryl methyl sites for hydroxylation is 1. The van der Waals surface area contributed by atoms with Gasteiger partial charge in [0.25, 0.3) is 0 Å². The molecule has 0 amide bonds. The quantitative estimate of drug-likeness (QED) is 0.751. The van der Waals surface area contributed by atoms with E-state index in [4.69, 9.17) is 20.9 Å². The average Bonchev–Trinajstić information content (AvgIpc) is 2.36. The van der Waals surface area contributed by atoms with Crippen LogP contribution in [0, 0.1) is 0 Å². The van der Waals surface area contributed by atoms with Crippen molar-refractivity contribution in [2.45, 2.75) is 25.3 Å². The molecule has 0 heterocycles. The summed E-state index contributed by atoms with van der Waals surface area (Å²) in [4.78, 5) is 0. The zero-order chi connectivity index (χ0) is 12.7.